The van der Waals surface area contributed by atoms with Gasteiger partial charge in [0, 0.05) is 19.5 Å². The van der Waals surface area contributed by atoms with Gasteiger partial charge >= 0.3 is 0 Å². The molecule has 118 valence electrons. The fourth-order valence-corrected chi connectivity index (χ4v) is 2.92. The first-order valence-electron chi connectivity index (χ1n) is 6.89. The fourth-order valence-electron chi connectivity index (χ4n) is 2.92. The number of fused-ring (bicyclic) bond motifs is 2. The topological polar surface area (TPSA) is 0 Å². The van der Waals surface area contributed by atoms with Crippen molar-refractivity contribution in [1.29, 1.82) is 0 Å². The van der Waals surface area contributed by atoms with Crippen LogP contribution in [0.2, 0.25) is 0 Å². The van der Waals surface area contributed by atoms with Crippen molar-refractivity contribution in [3.63, 3.8) is 0 Å². The Balaban J connectivity index is 0.000000882. The Hall–Kier alpha value is -1.12. The van der Waals surface area contributed by atoms with E-state index < -0.39 is 0 Å². The van der Waals surface area contributed by atoms with Crippen LogP contribution in [-0.2, 0) is 19.5 Å². The van der Waals surface area contributed by atoms with Crippen LogP contribution in [-0.4, -0.2) is 0 Å². The minimum Gasteiger partial charge on any atom is -0.153 e. The molecule has 0 heterocycles. The molecule has 23 heavy (non-hydrogen) atoms. The summed E-state index contributed by atoms with van der Waals surface area (Å²) in [7, 11) is 0. The zero-order chi connectivity index (χ0) is 13.4. The second-order valence-corrected chi connectivity index (χ2v) is 5.05. The third kappa shape index (κ3) is 3.70. The minimum absolute atomic E-state index is 0. The molecule has 0 aliphatic carbocycles. The third-order valence-corrected chi connectivity index (χ3v) is 3.87. The van der Waals surface area contributed by atoms with Gasteiger partial charge in [-0.2, -0.15) is 19.8 Å². The van der Waals surface area contributed by atoms with Gasteiger partial charge in [0.15, 0.2) is 0 Å². The van der Waals surface area contributed by atoms with E-state index in [0.29, 0.717) is 0 Å². The van der Waals surface area contributed by atoms with E-state index in [0.717, 1.165) is 0 Å². The Kier molecular flexibility index (Phi) is 7.50. The number of rotatable bonds is 1. The van der Waals surface area contributed by atoms with Gasteiger partial charge in [-0.3, -0.25) is 0 Å². The van der Waals surface area contributed by atoms with Gasteiger partial charge in [-0.15, -0.1) is 0 Å². The zero-order valence-corrected chi connectivity index (χ0v) is 17.4. The minimum atomic E-state index is 0. The third-order valence-electron chi connectivity index (χ3n) is 3.87. The second-order valence-electron chi connectivity index (χ2n) is 5.05. The van der Waals surface area contributed by atoms with Crippen molar-refractivity contribution >= 4 is 41.3 Å². The van der Waals surface area contributed by atoms with E-state index in [1.165, 1.54) is 32.7 Å². The molecule has 0 aliphatic heterocycles. The Labute approximate surface area is 156 Å². The molecular formula is C20H20P2Ru. The summed E-state index contributed by atoms with van der Waals surface area (Å²) in [4.78, 5) is 0. The molecule has 0 aliphatic rings. The summed E-state index contributed by atoms with van der Waals surface area (Å²) in [6.45, 7) is 0. The quantitative estimate of drug-likeness (QED) is 0.269. The SMILES string of the molecule is P.P.[Ru].c1ccc2c(-c3cccc4ccccc34)cccc2c1. The predicted octanol–water partition coefficient (Wildman–Crippen LogP) is 5.77. The maximum absolute atomic E-state index is 2.21. The van der Waals surface area contributed by atoms with Crippen LogP contribution >= 0.6 is 19.8 Å². The van der Waals surface area contributed by atoms with Crippen LogP contribution in [0.1, 0.15) is 0 Å². The summed E-state index contributed by atoms with van der Waals surface area (Å²) in [6, 6.07) is 30.2. The Morgan fingerprint density at radius 3 is 1.17 bits per heavy atom. The number of hydrogen-bond donors (Lipinski definition) is 0. The van der Waals surface area contributed by atoms with Crippen molar-refractivity contribution in [1.82, 2.24) is 0 Å². The van der Waals surface area contributed by atoms with E-state index in [9.17, 15) is 0 Å². The molecular weight excluding hydrogens is 403 g/mol. The molecule has 0 bridgehead atoms. The van der Waals surface area contributed by atoms with Gasteiger partial charge in [0.25, 0.3) is 0 Å². The van der Waals surface area contributed by atoms with Crippen molar-refractivity contribution in [2.45, 2.75) is 0 Å². The molecule has 2 unspecified atom stereocenters. The van der Waals surface area contributed by atoms with Gasteiger partial charge in [-0.25, -0.2) is 0 Å². The normalized spacial score (nSPS) is 9.57. The fraction of sp³-hybridized carbons (Fsp3) is 0. The second kappa shape index (κ2) is 8.66. The summed E-state index contributed by atoms with van der Waals surface area (Å²) in [5.74, 6) is 0. The summed E-state index contributed by atoms with van der Waals surface area (Å²) >= 11 is 0. The predicted molar refractivity (Wildman–Crippen MR) is 109 cm³/mol. The van der Waals surface area contributed by atoms with E-state index in [1.54, 1.807) is 0 Å². The van der Waals surface area contributed by atoms with Crippen molar-refractivity contribution in [3.8, 4) is 11.1 Å². The van der Waals surface area contributed by atoms with E-state index in [4.69, 9.17) is 0 Å². The van der Waals surface area contributed by atoms with Crippen molar-refractivity contribution < 1.29 is 19.5 Å². The summed E-state index contributed by atoms with van der Waals surface area (Å²) in [5, 5.41) is 5.20. The molecule has 4 aromatic rings. The van der Waals surface area contributed by atoms with Crippen LogP contribution in [0.3, 0.4) is 0 Å². The van der Waals surface area contributed by atoms with Crippen LogP contribution in [0.4, 0.5) is 0 Å². The molecule has 0 nitrogen and oxygen atoms in total. The molecule has 0 radical (unpaired) electrons. The largest absolute Gasteiger partial charge is 0.153 e. The molecule has 0 N–H and O–H groups in total. The maximum Gasteiger partial charge on any atom is 0 e. The number of hydrogen-bond acceptors (Lipinski definition) is 0. The van der Waals surface area contributed by atoms with Gasteiger partial charge in [-0.05, 0) is 32.7 Å². The molecule has 4 rings (SSSR count). The van der Waals surface area contributed by atoms with Crippen molar-refractivity contribution in [3.05, 3.63) is 84.9 Å². The summed E-state index contributed by atoms with van der Waals surface area (Å²) in [5.41, 5.74) is 2.61. The molecule has 0 spiro atoms. The van der Waals surface area contributed by atoms with E-state index in [1.807, 2.05) is 0 Å². The Bertz CT molecular complexity index is 831. The summed E-state index contributed by atoms with van der Waals surface area (Å²) < 4.78 is 0. The number of benzene rings is 4. The van der Waals surface area contributed by atoms with E-state index in [2.05, 4.69) is 84.9 Å². The molecule has 0 aromatic heterocycles. The van der Waals surface area contributed by atoms with Crippen molar-refractivity contribution in [2.75, 3.05) is 0 Å². The Morgan fingerprint density at radius 1 is 0.391 bits per heavy atom. The zero-order valence-electron chi connectivity index (χ0n) is 12.9. The molecule has 0 saturated carbocycles. The van der Waals surface area contributed by atoms with Crippen LogP contribution in [0.15, 0.2) is 84.9 Å². The van der Waals surface area contributed by atoms with Crippen molar-refractivity contribution in [2.24, 2.45) is 0 Å². The molecule has 0 fully saturated rings. The van der Waals surface area contributed by atoms with Gasteiger partial charge in [-0.1, -0.05) is 84.9 Å². The molecule has 2 atom stereocenters. The standard InChI is InChI=1S/C20H14.2H3P.Ru/c1-3-11-17-15(7-1)9-5-13-19(17)20-14-6-10-16-8-2-4-12-18(16)20;;;/h1-14H;2*1H3;. The van der Waals surface area contributed by atoms with Gasteiger partial charge in [0.1, 0.15) is 0 Å². The molecule has 0 saturated heterocycles. The van der Waals surface area contributed by atoms with Crippen LogP contribution in [0.5, 0.6) is 0 Å². The van der Waals surface area contributed by atoms with Crippen LogP contribution in [0.25, 0.3) is 32.7 Å². The summed E-state index contributed by atoms with van der Waals surface area (Å²) in [6.07, 6.45) is 0. The average molecular weight is 423 g/mol. The van der Waals surface area contributed by atoms with E-state index in [-0.39, 0.29) is 39.3 Å². The molecule has 4 aromatic carbocycles. The molecule has 3 heteroatoms. The van der Waals surface area contributed by atoms with Crippen LogP contribution in [0, 0.1) is 0 Å². The van der Waals surface area contributed by atoms with Gasteiger partial charge < -0.3 is 0 Å². The first-order valence-corrected chi connectivity index (χ1v) is 6.89. The first-order chi connectivity index (χ1) is 9.93. The van der Waals surface area contributed by atoms with Gasteiger partial charge in [0.2, 0.25) is 0 Å². The average Bonchev–Trinajstić information content (AvgIpc) is 2.54. The Morgan fingerprint density at radius 2 is 0.739 bits per heavy atom. The smallest absolute Gasteiger partial charge is 0 e. The molecule has 0 amide bonds. The van der Waals surface area contributed by atoms with Gasteiger partial charge in [0.05, 0.1) is 0 Å². The monoisotopic (exact) mass is 424 g/mol. The van der Waals surface area contributed by atoms with E-state index >= 15 is 0 Å². The maximum atomic E-state index is 2.21. The first kappa shape index (κ1) is 19.9. The van der Waals surface area contributed by atoms with Crippen LogP contribution < -0.4 is 0 Å².